The molecule has 3 aromatic rings. The van der Waals surface area contributed by atoms with Crippen molar-refractivity contribution in [1.82, 2.24) is 19.7 Å². The second kappa shape index (κ2) is 10.4. The maximum atomic E-state index is 12.8. The summed E-state index contributed by atoms with van der Waals surface area (Å²) in [6.07, 6.45) is 0. The maximum Gasteiger partial charge on any atom is 0.233 e. The molecule has 33 heavy (non-hydrogen) atoms. The van der Waals surface area contributed by atoms with Crippen LogP contribution in [0.1, 0.15) is 22.5 Å². The molecule has 2 aromatic carbocycles. The fourth-order valence-electron chi connectivity index (χ4n) is 3.91. The van der Waals surface area contributed by atoms with Crippen LogP contribution >= 0.6 is 11.8 Å². The van der Waals surface area contributed by atoms with Gasteiger partial charge in [-0.15, -0.1) is 10.2 Å². The van der Waals surface area contributed by atoms with Gasteiger partial charge in [-0.05, 0) is 55.7 Å². The number of hydrogen-bond acceptors (Lipinski definition) is 6. The van der Waals surface area contributed by atoms with Crippen molar-refractivity contribution in [3.63, 3.8) is 0 Å². The van der Waals surface area contributed by atoms with E-state index in [0.717, 1.165) is 54.1 Å². The Kier molecular flexibility index (Phi) is 7.35. The predicted molar refractivity (Wildman–Crippen MR) is 132 cm³/mol. The Morgan fingerprint density at radius 2 is 1.79 bits per heavy atom. The van der Waals surface area contributed by atoms with E-state index in [0.29, 0.717) is 12.3 Å². The molecule has 0 unspecified atom stereocenters. The maximum absolute atomic E-state index is 12.8. The zero-order chi connectivity index (χ0) is 23.4. The van der Waals surface area contributed by atoms with E-state index < -0.39 is 0 Å². The average Bonchev–Trinajstić information content (AvgIpc) is 3.20. The molecular weight excluding hydrogens is 434 g/mol. The number of rotatable bonds is 7. The second-order valence-corrected chi connectivity index (χ2v) is 9.40. The Hall–Kier alpha value is -2.84. The molecule has 1 amide bonds. The van der Waals surface area contributed by atoms with E-state index in [1.165, 1.54) is 23.0 Å². The normalized spacial score (nSPS) is 13.9. The summed E-state index contributed by atoms with van der Waals surface area (Å²) in [6.45, 7) is 10.0. The zero-order valence-corrected chi connectivity index (χ0v) is 20.6. The minimum absolute atomic E-state index is 0.0606. The third-order valence-electron chi connectivity index (χ3n) is 5.88. The number of amides is 1. The summed E-state index contributed by atoms with van der Waals surface area (Å²) >= 11 is 1.43. The minimum atomic E-state index is 0.0606. The zero-order valence-electron chi connectivity index (χ0n) is 19.7. The molecule has 0 saturated carbocycles. The van der Waals surface area contributed by atoms with Crippen molar-refractivity contribution in [2.75, 3.05) is 44.0 Å². The fourth-order valence-corrected chi connectivity index (χ4v) is 4.84. The van der Waals surface area contributed by atoms with Crippen LogP contribution in [0.15, 0.2) is 47.6 Å². The van der Waals surface area contributed by atoms with Crippen LogP contribution in [0.25, 0.3) is 5.69 Å². The first-order chi connectivity index (χ1) is 15.9. The number of nitrogens with zero attached hydrogens (tertiary/aromatic N) is 5. The molecule has 0 spiro atoms. The van der Waals surface area contributed by atoms with Crippen molar-refractivity contribution in [2.45, 2.75) is 32.5 Å². The van der Waals surface area contributed by atoms with Gasteiger partial charge in [0.05, 0.1) is 24.7 Å². The minimum Gasteiger partial charge on any atom is -0.378 e. The van der Waals surface area contributed by atoms with Crippen LogP contribution < -0.4 is 4.90 Å². The molecular formula is C25H31N5O2S. The smallest absolute Gasteiger partial charge is 0.233 e. The Bertz CT molecular complexity index is 1110. The number of ether oxygens (including phenoxy) is 1. The summed E-state index contributed by atoms with van der Waals surface area (Å²) in [5.74, 6) is 1.18. The first-order valence-corrected chi connectivity index (χ1v) is 12.2. The van der Waals surface area contributed by atoms with Crippen LogP contribution in [0.5, 0.6) is 0 Å². The van der Waals surface area contributed by atoms with Gasteiger partial charge in [0.2, 0.25) is 5.91 Å². The SMILES string of the molecule is Cc1ccc(C)c(-n2c(C)nnc2SCC(=O)N(C)Cc2ccc(N3CCOCC3)cc2)c1. The molecule has 1 saturated heterocycles. The van der Waals surface area contributed by atoms with Crippen LogP contribution in [0, 0.1) is 20.8 Å². The van der Waals surface area contributed by atoms with Gasteiger partial charge in [0, 0.05) is 32.4 Å². The number of carbonyl (C=O) groups is 1. The standard InChI is InChI=1S/C25H31N5O2S/c1-18-5-6-19(2)23(15-18)30-20(3)26-27-25(30)33-17-24(31)28(4)16-21-7-9-22(10-8-21)29-11-13-32-14-12-29/h5-10,15H,11-14,16-17H2,1-4H3. The summed E-state index contributed by atoms with van der Waals surface area (Å²) in [4.78, 5) is 16.9. The van der Waals surface area contributed by atoms with Gasteiger partial charge >= 0.3 is 0 Å². The van der Waals surface area contributed by atoms with Crippen LogP contribution in [0.2, 0.25) is 0 Å². The van der Waals surface area contributed by atoms with Crippen LogP contribution in [-0.2, 0) is 16.1 Å². The van der Waals surface area contributed by atoms with E-state index in [1.54, 1.807) is 4.90 Å². The number of morpholine rings is 1. The van der Waals surface area contributed by atoms with Crippen molar-refractivity contribution in [3.05, 3.63) is 65.0 Å². The van der Waals surface area contributed by atoms with Gasteiger partial charge in [0.15, 0.2) is 5.16 Å². The van der Waals surface area contributed by atoms with Gasteiger partial charge in [0.25, 0.3) is 0 Å². The van der Waals surface area contributed by atoms with Gasteiger partial charge in [0.1, 0.15) is 5.82 Å². The highest BCUT2D eigenvalue weighted by Gasteiger charge is 2.17. The van der Waals surface area contributed by atoms with Crippen molar-refractivity contribution >= 4 is 23.4 Å². The van der Waals surface area contributed by atoms with Crippen molar-refractivity contribution < 1.29 is 9.53 Å². The van der Waals surface area contributed by atoms with E-state index in [4.69, 9.17) is 4.74 Å². The van der Waals surface area contributed by atoms with Crippen molar-refractivity contribution in [1.29, 1.82) is 0 Å². The summed E-state index contributed by atoms with van der Waals surface area (Å²) in [6, 6.07) is 14.8. The number of benzene rings is 2. The van der Waals surface area contributed by atoms with Crippen molar-refractivity contribution in [2.24, 2.45) is 0 Å². The van der Waals surface area contributed by atoms with E-state index in [-0.39, 0.29) is 5.91 Å². The summed E-state index contributed by atoms with van der Waals surface area (Å²) in [5.41, 5.74) is 5.69. The third-order valence-corrected chi connectivity index (χ3v) is 6.80. The monoisotopic (exact) mass is 465 g/mol. The molecule has 0 radical (unpaired) electrons. The third kappa shape index (κ3) is 5.57. The number of carbonyl (C=O) groups excluding carboxylic acids is 1. The highest BCUT2D eigenvalue weighted by molar-refractivity contribution is 7.99. The molecule has 1 aliphatic rings. The highest BCUT2D eigenvalue weighted by atomic mass is 32.2. The topological polar surface area (TPSA) is 63.5 Å². The quantitative estimate of drug-likeness (QED) is 0.495. The second-order valence-electron chi connectivity index (χ2n) is 8.46. The van der Waals surface area contributed by atoms with E-state index >= 15 is 0 Å². The van der Waals surface area contributed by atoms with E-state index in [1.807, 2.05) is 18.5 Å². The number of hydrogen-bond donors (Lipinski definition) is 0. The predicted octanol–water partition coefficient (Wildman–Crippen LogP) is 3.78. The first kappa shape index (κ1) is 23.3. The van der Waals surface area contributed by atoms with Gasteiger partial charge in [-0.1, -0.05) is 36.0 Å². The highest BCUT2D eigenvalue weighted by Crippen LogP contribution is 2.25. The molecule has 0 aliphatic carbocycles. The lowest BCUT2D eigenvalue weighted by atomic mass is 10.1. The van der Waals surface area contributed by atoms with Gasteiger partial charge in [-0.2, -0.15) is 0 Å². The van der Waals surface area contributed by atoms with E-state index in [9.17, 15) is 4.79 Å². The Balaban J connectivity index is 1.37. The number of anilines is 1. The summed E-state index contributed by atoms with van der Waals surface area (Å²) in [5, 5.41) is 9.31. The lowest BCUT2D eigenvalue weighted by molar-refractivity contribution is -0.127. The van der Waals surface area contributed by atoms with Crippen LogP contribution in [0.3, 0.4) is 0 Å². The first-order valence-electron chi connectivity index (χ1n) is 11.2. The summed E-state index contributed by atoms with van der Waals surface area (Å²) in [7, 11) is 1.85. The summed E-state index contributed by atoms with van der Waals surface area (Å²) < 4.78 is 7.46. The molecule has 0 bridgehead atoms. The Labute approximate surface area is 199 Å². The molecule has 1 aliphatic heterocycles. The molecule has 0 N–H and O–H groups in total. The molecule has 0 atom stereocenters. The lowest BCUT2D eigenvalue weighted by Gasteiger charge is -2.29. The molecule has 7 nitrogen and oxygen atoms in total. The molecule has 4 rings (SSSR count). The fraction of sp³-hybridized carbons (Fsp3) is 0.400. The number of aryl methyl sites for hydroxylation is 3. The number of thioether (sulfide) groups is 1. The van der Waals surface area contributed by atoms with Crippen LogP contribution in [0.4, 0.5) is 5.69 Å². The van der Waals surface area contributed by atoms with Gasteiger partial charge in [-0.3, -0.25) is 9.36 Å². The molecule has 1 fully saturated rings. The largest absolute Gasteiger partial charge is 0.378 e. The van der Waals surface area contributed by atoms with Crippen LogP contribution in [-0.4, -0.2) is 64.7 Å². The van der Waals surface area contributed by atoms with Crippen molar-refractivity contribution in [3.8, 4) is 5.69 Å². The van der Waals surface area contributed by atoms with Gasteiger partial charge < -0.3 is 14.5 Å². The number of aromatic nitrogens is 3. The van der Waals surface area contributed by atoms with Gasteiger partial charge in [-0.25, -0.2) is 0 Å². The Morgan fingerprint density at radius 3 is 2.52 bits per heavy atom. The Morgan fingerprint density at radius 1 is 1.06 bits per heavy atom. The molecule has 1 aromatic heterocycles. The molecule has 2 heterocycles. The van der Waals surface area contributed by atoms with E-state index in [2.05, 4.69) is 71.4 Å². The lowest BCUT2D eigenvalue weighted by Crippen LogP contribution is -2.36. The molecule has 8 heteroatoms. The molecule has 174 valence electrons. The average molecular weight is 466 g/mol.